The van der Waals surface area contributed by atoms with Gasteiger partial charge in [-0.05, 0) is 60.9 Å². The van der Waals surface area contributed by atoms with Gasteiger partial charge in [-0.25, -0.2) is 4.39 Å². The number of para-hydroxylation sites is 1. The van der Waals surface area contributed by atoms with Crippen LogP contribution in [0.5, 0.6) is 5.75 Å². The zero-order valence-corrected chi connectivity index (χ0v) is 18.3. The molecule has 166 valence electrons. The molecule has 0 N–H and O–H groups in total. The van der Waals surface area contributed by atoms with E-state index in [4.69, 9.17) is 4.74 Å². The van der Waals surface area contributed by atoms with E-state index >= 15 is 0 Å². The molecule has 3 amide bonds. The Labute approximate surface area is 190 Å². The molecule has 0 aromatic heterocycles. The number of nitrogens with zero attached hydrogens (tertiary/aromatic N) is 2. The Morgan fingerprint density at radius 1 is 1.06 bits per heavy atom. The van der Waals surface area contributed by atoms with Crippen LogP contribution in [0.25, 0.3) is 6.08 Å². The molecule has 0 spiro atoms. The van der Waals surface area contributed by atoms with Gasteiger partial charge >= 0.3 is 0 Å². The minimum atomic E-state index is -0.481. The van der Waals surface area contributed by atoms with Crippen molar-refractivity contribution in [3.63, 3.8) is 0 Å². The Balaban J connectivity index is 1.46. The highest BCUT2D eigenvalue weighted by Gasteiger charge is 2.37. The Bertz CT molecular complexity index is 1070. The van der Waals surface area contributed by atoms with Crippen LogP contribution in [0.15, 0.2) is 53.4 Å². The van der Waals surface area contributed by atoms with Crippen LogP contribution in [0.4, 0.5) is 9.18 Å². The van der Waals surface area contributed by atoms with Crippen molar-refractivity contribution >= 4 is 34.9 Å². The van der Waals surface area contributed by atoms with Crippen LogP contribution in [-0.4, -0.2) is 46.5 Å². The normalized spacial score (nSPS) is 17.8. The number of hydrogen-bond donors (Lipinski definition) is 0. The smallest absolute Gasteiger partial charge is 0.294 e. The summed E-state index contributed by atoms with van der Waals surface area (Å²) in [5.74, 6) is -0.516. The average Bonchev–Trinajstić information content (AvgIpc) is 3.06. The number of carbonyl (C=O) groups is 3. The van der Waals surface area contributed by atoms with Crippen molar-refractivity contribution in [3.8, 4) is 5.75 Å². The standard InChI is InChI=1S/C24H23FN2O4S/c25-19-9-6-7-17(13-19)16-31-20-10-3-2-8-18(20)14-21-23(29)27(24(30)32-21)15-22(28)26-11-4-1-5-12-26/h2-3,6-10,13-14H,1,4-5,11-12,15-16H2/b21-14-. The second-order valence-corrected chi connectivity index (χ2v) is 8.66. The zero-order valence-electron chi connectivity index (χ0n) is 17.5. The van der Waals surface area contributed by atoms with Gasteiger partial charge in [-0.1, -0.05) is 30.3 Å². The van der Waals surface area contributed by atoms with Crippen molar-refractivity contribution in [2.75, 3.05) is 19.6 Å². The van der Waals surface area contributed by atoms with Crippen molar-refractivity contribution in [3.05, 3.63) is 70.4 Å². The Morgan fingerprint density at radius 3 is 2.62 bits per heavy atom. The summed E-state index contributed by atoms with van der Waals surface area (Å²) < 4.78 is 19.2. The maximum Gasteiger partial charge on any atom is 0.294 e. The molecule has 0 atom stereocenters. The van der Waals surface area contributed by atoms with E-state index in [1.54, 1.807) is 47.4 Å². The van der Waals surface area contributed by atoms with Crippen LogP contribution in [0.1, 0.15) is 30.4 Å². The van der Waals surface area contributed by atoms with Gasteiger partial charge in [0.15, 0.2) is 0 Å². The number of hydrogen-bond acceptors (Lipinski definition) is 5. The first-order chi connectivity index (χ1) is 15.5. The van der Waals surface area contributed by atoms with Crippen molar-refractivity contribution < 1.29 is 23.5 Å². The maximum absolute atomic E-state index is 13.4. The fourth-order valence-corrected chi connectivity index (χ4v) is 4.50. The van der Waals surface area contributed by atoms with Crippen molar-refractivity contribution in [1.29, 1.82) is 0 Å². The third-order valence-electron chi connectivity index (χ3n) is 5.36. The van der Waals surface area contributed by atoms with Crippen LogP contribution >= 0.6 is 11.8 Å². The lowest BCUT2D eigenvalue weighted by Crippen LogP contribution is -2.44. The lowest BCUT2D eigenvalue weighted by atomic mass is 10.1. The molecule has 2 aliphatic heterocycles. The molecular formula is C24H23FN2O4S. The molecule has 0 saturated carbocycles. The van der Waals surface area contributed by atoms with E-state index in [9.17, 15) is 18.8 Å². The number of ether oxygens (including phenoxy) is 1. The first-order valence-corrected chi connectivity index (χ1v) is 11.3. The Morgan fingerprint density at radius 2 is 1.84 bits per heavy atom. The molecule has 2 aliphatic rings. The summed E-state index contributed by atoms with van der Waals surface area (Å²) in [5.41, 5.74) is 1.30. The van der Waals surface area contributed by atoms with Gasteiger partial charge in [0.05, 0.1) is 4.91 Å². The van der Waals surface area contributed by atoms with Gasteiger partial charge in [0.25, 0.3) is 11.1 Å². The predicted octanol–water partition coefficient (Wildman–Crippen LogP) is 4.45. The molecule has 0 unspecified atom stereocenters. The average molecular weight is 455 g/mol. The van der Waals surface area contributed by atoms with E-state index in [-0.39, 0.29) is 29.8 Å². The third-order valence-corrected chi connectivity index (χ3v) is 6.27. The number of carbonyl (C=O) groups excluding carboxylic acids is 3. The minimum absolute atomic E-state index is 0.161. The molecule has 2 heterocycles. The van der Waals surface area contributed by atoms with Crippen molar-refractivity contribution in [2.24, 2.45) is 0 Å². The number of rotatable bonds is 6. The number of amides is 3. The van der Waals surface area contributed by atoms with Crippen LogP contribution in [-0.2, 0) is 16.2 Å². The third kappa shape index (κ3) is 5.19. The van der Waals surface area contributed by atoms with Gasteiger partial charge < -0.3 is 9.64 Å². The predicted molar refractivity (Wildman–Crippen MR) is 120 cm³/mol. The summed E-state index contributed by atoms with van der Waals surface area (Å²) in [6.45, 7) is 1.26. The Kier molecular flexibility index (Phi) is 6.90. The van der Waals surface area contributed by atoms with Crippen LogP contribution in [0.3, 0.4) is 0 Å². The van der Waals surface area contributed by atoms with E-state index in [0.29, 0.717) is 30.0 Å². The number of halogens is 1. The van der Waals surface area contributed by atoms with Gasteiger partial charge in [0.2, 0.25) is 5.91 Å². The van der Waals surface area contributed by atoms with Crippen molar-refractivity contribution in [2.45, 2.75) is 25.9 Å². The lowest BCUT2D eigenvalue weighted by molar-refractivity contribution is -0.136. The van der Waals surface area contributed by atoms with Crippen molar-refractivity contribution in [1.82, 2.24) is 9.80 Å². The summed E-state index contributed by atoms with van der Waals surface area (Å²) in [4.78, 5) is 40.7. The first kappa shape index (κ1) is 22.1. The Hall–Kier alpha value is -3.13. The number of thioether (sulfide) groups is 1. The molecule has 2 fully saturated rings. The van der Waals surface area contributed by atoms with E-state index < -0.39 is 11.1 Å². The number of benzene rings is 2. The molecule has 8 heteroatoms. The van der Waals surface area contributed by atoms with E-state index in [0.717, 1.165) is 35.9 Å². The monoisotopic (exact) mass is 454 g/mol. The molecular weight excluding hydrogens is 431 g/mol. The van der Waals surface area contributed by atoms with Crippen LogP contribution in [0.2, 0.25) is 0 Å². The highest BCUT2D eigenvalue weighted by molar-refractivity contribution is 8.18. The molecule has 2 saturated heterocycles. The van der Waals surface area contributed by atoms with E-state index in [1.807, 2.05) is 0 Å². The maximum atomic E-state index is 13.4. The number of likely N-dealkylation sites (tertiary alicyclic amines) is 1. The number of imide groups is 1. The quantitative estimate of drug-likeness (QED) is 0.603. The first-order valence-electron chi connectivity index (χ1n) is 10.5. The fraction of sp³-hybridized carbons (Fsp3) is 0.292. The summed E-state index contributed by atoms with van der Waals surface area (Å²) in [6.07, 6.45) is 4.58. The van der Waals surface area contributed by atoms with Gasteiger partial charge in [0, 0.05) is 18.7 Å². The molecule has 32 heavy (non-hydrogen) atoms. The van der Waals surface area contributed by atoms with Crippen LogP contribution in [0, 0.1) is 5.82 Å². The van der Waals surface area contributed by atoms with Gasteiger partial charge in [-0.15, -0.1) is 0 Å². The molecule has 0 radical (unpaired) electrons. The molecule has 4 rings (SSSR count). The summed E-state index contributed by atoms with van der Waals surface area (Å²) in [6, 6.07) is 13.2. The molecule has 0 bridgehead atoms. The molecule has 0 aliphatic carbocycles. The molecule has 6 nitrogen and oxygen atoms in total. The van der Waals surface area contributed by atoms with E-state index in [2.05, 4.69) is 0 Å². The zero-order chi connectivity index (χ0) is 22.5. The van der Waals surface area contributed by atoms with Crippen LogP contribution < -0.4 is 4.74 Å². The fourth-order valence-electron chi connectivity index (χ4n) is 3.68. The molecule has 2 aromatic carbocycles. The highest BCUT2D eigenvalue weighted by atomic mass is 32.2. The summed E-state index contributed by atoms with van der Waals surface area (Å²) in [7, 11) is 0. The second kappa shape index (κ2) is 9.99. The van der Waals surface area contributed by atoms with Gasteiger partial charge in [0.1, 0.15) is 24.7 Å². The second-order valence-electron chi connectivity index (χ2n) is 7.67. The highest BCUT2D eigenvalue weighted by Crippen LogP contribution is 2.34. The molecule has 2 aromatic rings. The van der Waals surface area contributed by atoms with E-state index in [1.165, 1.54) is 12.1 Å². The summed E-state index contributed by atoms with van der Waals surface area (Å²) in [5, 5.41) is -0.454. The van der Waals surface area contributed by atoms with Gasteiger partial charge in [-0.2, -0.15) is 0 Å². The SMILES string of the molecule is O=C(CN1C(=O)S/C(=C\c2ccccc2OCc2cccc(F)c2)C1=O)N1CCCCC1. The minimum Gasteiger partial charge on any atom is -0.488 e. The lowest BCUT2D eigenvalue weighted by Gasteiger charge is -2.27. The topological polar surface area (TPSA) is 66.9 Å². The summed E-state index contributed by atoms with van der Waals surface area (Å²) >= 11 is 0.813. The number of piperidine rings is 1. The van der Waals surface area contributed by atoms with Gasteiger partial charge in [-0.3, -0.25) is 19.3 Å². The largest absolute Gasteiger partial charge is 0.488 e.